The Labute approximate surface area is 106 Å². The second-order valence-electron chi connectivity index (χ2n) is 4.31. The van der Waals surface area contributed by atoms with E-state index in [9.17, 15) is 4.79 Å². The SMILES string of the molecule is O=c1cc(N2CCOCC2)cnn1CCCCO. The molecule has 0 amide bonds. The first-order valence-electron chi connectivity index (χ1n) is 6.32. The monoisotopic (exact) mass is 253 g/mol. The zero-order valence-electron chi connectivity index (χ0n) is 10.4. The maximum atomic E-state index is 11.9. The van der Waals surface area contributed by atoms with Crippen molar-refractivity contribution in [3.05, 3.63) is 22.6 Å². The van der Waals surface area contributed by atoms with Crippen LogP contribution in [0.15, 0.2) is 17.1 Å². The minimum Gasteiger partial charge on any atom is -0.396 e. The van der Waals surface area contributed by atoms with Crippen molar-refractivity contribution in [3.8, 4) is 0 Å². The number of aryl methyl sites for hydroxylation is 1. The Morgan fingerprint density at radius 3 is 2.78 bits per heavy atom. The van der Waals surface area contributed by atoms with Crippen LogP contribution in [0, 0.1) is 0 Å². The highest BCUT2D eigenvalue weighted by molar-refractivity contribution is 5.43. The lowest BCUT2D eigenvalue weighted by molar-refractivity contribution is 0.122. The summed E-state index contributed by atoms with van der Waals surface area (Å²) in [4.78, 5) is 14.0. The molecule has 6 nitrogen and oxygen atoms in total. The lowest BCUT2D eigenvalue weighted by Crippen LogP contribution is -2.37. The standard InChI is InChI=1S/C12H19N3O3/c16-6-2-1-3-15-12(17)9-11(10-13-15)14-4-7-18-8-5-14/h9-10,16H,1-8H2. The van der Waals surface area contributed by atoms with E-state index in [1.807, 2.05) is 0 Å². The molecule has 0 aromatic carbocycles. The first-order chi connectivity index (χ1) is 8.81. The van der Waals surface area contributed by atoms with Crippen molar-refractivity contribution in [1.29, 1.82) is 0 Å². The van der Waals surface area contributed by atoms with Gasteiger partial charge in [0.1, 0.15) is 0 Å². The van der Waals surface area contributed by atoms with Gasteiger partial charge in [0.2, 0.25) is 0 Å². The number of nitrogens with zero attached hydrogens (tertiary/aromatic N) is 3. The van der Waals surface area contributed by atoms with Crippen LogP contribution in [0.5, 0.6) is 0 Å². The lowest BCUT2D eigenvalue weighted by atomic mass is 10.3. The molecule has 0 aliphatic carbocycles. The summed E-state index contributed by atoms with van der Waals surface area (Å²) >= 11 is 0. The van der Waals surface area contributed by atoms with Crippen LogP contribution in [0.3, 0.4) is 0 Å². The quantitative estimate of drug-likeness (QED) is 0.739. The Bertz CT molecular complexity index is 427. The zero-order chi connectivity index (χ0) is 12.8. The molecule has 1 aromatic heterocycles. The van der Waals surface area contributed by atoms with Gasteiger partial charge in [-0.1, -0.05) is 0 Å². The van der Waals surface area contributed by atoms with Gasteiger partial charge in [0.05, 0.1) is 25.1 Å². The first kappa shape index (κ1) is 13.0. The molecule has 2 heterocycles. The van der Waals surface area contributed by atoms with Crippen LogP contribution >= 0.6 is 0 Å². The smallest absolute Gasteiger partial charge is 0.268 e. The van der Waals surface area contributed by atoms with E-state index in [0.29, 0.717) is 26.2 Å². The number of hydrogen-bond acceptors (Lipinski definition) is 5. The molecule has 2 rings (SSSR count). The van der Waals surface area contributed by atoms with Gasteiger partial charge >= 0.3 is 0 Å². The Hall–Kier alpha value is -1.40. The van der Waals surface area contributed by atoms with Gasteiger partial charge in [-0.15, -0.1) is 0 Å². The number of aromatic nitrogens is 2. The van der Waals surface area contributed by atoms with Gasteiger partial charge in [0.15, 0.2) is 0 Å². The highest BCUT2D eigenvalue weighted by Gasteiger charge is 2.12. The number of aliphatic hydroxyl groups is 1. The van der Waals surface area contributed by atoms with E-state index in [2.05, 4.69) is 10.00 Å². The molecule has 1 saturated heterocycles. The Kier molecular flexibility index (Phi) is 4.72. The van der Waals surface area contributed by atoms with Gasteiger partial charge in [-0.05, 0) is 12.8 Å². The fourth-order valence-electron chi connectivity index (χ4n) is 1.96. The minimum atomic E-state index is -0.0862. The summed E-state index contributed by atoms with van der Waals surface area (Å²) in [6, 6.07) is 1.62. The van der Waals surface area contributed by atoms with Gasteiger partial charge in [0.25, 0.3) is 5.56 Å². The van der Waals surface area contributed by atoms with Crippen LogP contribution < -0.4 is 10.5 Å². The van der Waals surface area contributed by atoms with Crippen molar-refractivity contribution >= 4 is 5.69 Å². The average Bonchev–Trinajstić information content (AvgIpc) is 2.42. The van der Waals surface area contributed by atoms with Gasteiger partial charge in [-0.25, -0.2) is 4.68 Å². The average molecular weight is 253 g/mol. The molecule has 1 fully saturated rings. The molecular weight excluding hydrogens is 234 g/mol. The number of hydrogen-bond donors (Lipinski definition) is 1. The Morgan fingerprint density at radius 1 is 1.33 bits per heavy atom. The molecule has 6 heteroatoms. The summed E-state index contributed by atoms with van der Waals surface area (Å²) in [6.07, 6.45) is 3.19. The summed E-state index contributed by atoms with van der Waals surface area (Å²) in [7, 11) is 0. The van der Waals surface area contributed by atoms with E-state index in [1.54, 1.807) is 12.3 Å². The number of ether oxygens (including phenoxy) is 1. The van der Waals surface area contributed by atoms with E-state index >= 15 is 0 Å². The van der Waals surface area contributed by atoms with Crippen LogP contribution in [-0.2, 0) is 11.3 Å². The van der Waals surface area contributed by atoms with Gasteiger partial charge in [-0.3, -0.25) is 4.79 Å². The predicted octanol–water partition coefficient (Wildman–Crippen LogP) is -0.148. The van der Waals surface area contributed by atoms with E-state index in [1.165, 1.54) is 4.68 Å². The summed E-state index contributed by atoms with van der Waals surface area (Å²) in [5.41, 5.74) is 0.777. The van der Waals surface area contributed by atoms with Crippen LogP contribution in [0.25, 0.3) is 0 Å². The molecule has 1 N–H and O–H groups in total. The number of anilines is 1. The molecule has 0 atom stereocenters. The maximum absolute atomic E-state index is 11.9. The molecule has 0 bridgehead atoms. The molecule has 1 aliphatic rings. The van der Waals surface area contributed by atoms with Crippen molar-refractivity contribution in [2.75, 3.05) is 37.8 Å². The van der Waals surface area contributed by atoms with Crippen molar-refractivity contribution in [3.63, 3.8) is 0 Å². The number of morpholine rings is 1. The summed E-state index contributed by atoms with van der Waals surface area (Å²) in [5.74, 6) is 0. The lowest BCUT2D eigenvalue weighted by Gasteiger charge is -2.28. The third kappa shape index (κ3) is 3.30. The second-order valence-corrected chi connectivity index (χ2v) is 4.31. The zero-order valence-corrected chi connectivity index (χ0v) is 10.4. The Morgan fingerprint density at radius 2 is 2.11 bits per heavy atom. The van der Waals surface area contributed by atoms with Crippen molar-refractivity contribution in [2.45, 2.75) is 19.4 Å². The molecule has 18 heavy (non-hydrogen) atoms. The maximum Gasteiger partial charge on any atom is 0.268 e. The van der Waals surface area contributed by atoms with Crippen molar-refractivity contribution < 1.29 is 9.84 Å². The molecule has 1 aliphatic heterocycles. The topological polar surface area (TPSA) is 67.6 Å². The van der Waals surface area contributed by atoms with Crippen molar-refractivity contribution in [2.24, 2.45) is 0 Å². The number of aliphatic hydroxyl groups excluding tert-OH is 1. The van der Waals surface area contributed by atoms with Crippen LogP contribution in [0.4, 0.5) is 5.69 Å². The third-order valence-electron chi connectivity index (χ3n) is 3.01. The molecular formula is C12H19N3O3. The largest absolute Gasteiger partial charge is 0.396 e. The molecule has 1 aromatic rings. The fourth-order valence-corrected chi connectivity index (χ4v) is 1.96. The van der Waals surface area contributed by atoms with E-state index < -0.39 is 0 Å². The Balaban J connectivity index is 2.02. The normalized spacial score (nSPS) is 15.9. The molecule has 0 saturated carbocycles. The minimum absolute atomic E-state index is 0.0862. The fraction of sp³-hybridized carbons (Fsp3) is 0.667. The summed E-state index contributed by atoms with van der Waals surface area (Å²) < 4.78 is 6.72. The van der Waals surface area contributed by atoms with Gasteiger partial charge in [0, 0.05) is 32.3 Å². The second kappa shape index (κ2) is 6.51. The summed E-state index contributed by atoms with van der Waals surface area (Å²) in [6.45, 7) is 3.70. The van der Waals surface area contributed by atoms with Crippen LogP contribution in [-0.4, -0.2) is 47.8 Å². The molecule has 0 radical (unpaired) electrons. The predicted molar refractivity (Wildman–Crippen MR) is 67.8 cm³/mol. The highest BCUT2D eigenvalue weighted by atomic mass is 16.5. The van der Waals surface area contributed by atoms with Gasteiger partial charge < -0.3 is 14.7 Å². The first-order valence-corrected chi connectivity index (χ1v) is 6.32. The van der Waals surface area contributed by atoms with Crippen molar-refractivity contribution in [1.82, 2.24) is 9.78 Å². The number of rotatable bonds is 5. The van der Waals surface area contributed by atoms with E-state index in [0.717, 1.165) is 25.2 Å². The van der Waals surface area contributed by atoms with Gasteiger partial charge in [-0.2, -0.15) is 5.10 Å². The molecule has 0 unspecified atom stereocenters. The highest BCUT2D eigenvalue weighted by Crippen LogP contribution is 2.11. The van der Waals surface area contributed by atoms with Crippen LogP contribution in [0.1, 0.15) is 12.8 Å². The third-order valence-corrected chi connectivity index (χ3v) is 3.01. The molecule has 0 spiro atoms. The van der Waals surface area contributed by atoms with E-state index in [-0.39, 0.29) is 12.2 Å². The van der Waals surface area contributed by atoms with Crippen LogP contribution in [0.2, 0.25) is 0 Å². The summed E-state index contributed by atoms with van der Waals surface area (Å²) in [5, 5.41) is 12.9. The van der Waals surface area contributed by atoms with E-state index in [4.69, 9.17) is 9.84 Å². The molecule has 100 valence electrons. The number of unbranched alkanes of at least 4 members (excludes halogenated alkanes) is 1.